The second-order valence-corrected chi connectivity index (χ2v) is 8.77. The lowest BCUT2D eigenvalue weighted by Crippen LogP contribution is -2.54. The monoisotopic (exact) mass is 305 g/mol. The number of carbonyl (C=O) groups excluding carboxylic acids is 1. The first-order chi connectivity index (χ1) is 10.6. The predicted octanol–water partition coefficient (Wildman–Crippen LogP) is 3.48. The molecule has 0 atom stereocenters. The van der Waals surface area contributed by atoms with Crippen molar-refractivity contribution in [1.82, 2.24) is 4.90 Å². The number of ether oxygens (including phenoxy) is 1. The van der Waals surface area contributed by atoms with Crippen LogP contribution >= 0.6 is 0 Å². The molecule has 4 bridgehead atoms. The molecular weight excluding hydrogens is 274 g/mol. The minimum absolute atomic E-state index is 0.0408. The van der Waals surface area contributed by atoms with Gasteiger partial charge in [-0.05, 0) is 81.5 Å². The van der Waals surface area contributed by atoms with Crippen molar-refractivity contribution in [2.24, 2.45) is 29.1 Å². The number of carbonyl (C=O) groups is 1. The predicted molar refractivity (Wildman–Crippen MR) is 86.4 cm³/mol. The maximum atomic E-state index is 13.2. The Kier molecular flexibility index (Phi) is 3.96. The van der Waals surface area contributed by atoms with Crippen LogP contribution in [-0.4, -0.2) is 37.6 Å². The first-order valence-electron chi connectivity index (χ1n) is 9.48. The Labute approximate surface area is 134 Å². The van der Waals surface area contributed by atoms with E-state index in [0.717, 1.165) is 49.9 Å². The molecule has 4 aliphatic carbocycles. The van der Waals surface area contributed by atoms with Crippen LogP contribution in [0.1, 0.15) is 57.8 Å². The number of nitrogens with zero attached hydrogens (tertiary/aromatic N) is 1. The molecule has 1 saturated heterocycles. The SMILES string of the molecule is CN(CCC1CCOCC1)C(=O)C12CC3CC(CC(C3)C1)C2. The van der Waals surface area contributed by atoms with Gasteiger partial charge in [0.1, 0.15) is 0 Å². The first-order valence-corrected chi connectivity index (χ1v) is 9.48. The van der Waals surface area contributed by atoms with Gasteiger partial charge in [-0.3, -0.25) is 4.79 Å². The summed E-state index contributed by atoms with van der Waals surface area (Å²) in [5, 5.41) is 0. The van der Waals surface area contributed by atoms with E-state index in [0.29, 0.717) is 5.91 Å². The Bertz CT molecular complexity index is 392. The fraction of sp³-hybridized carbons (Fsp3) is 0.947. The summed E-state index contributed by atoms with van der Waals surface area (Å²) in [7, 11) is 2.06. The summed E-state index contributed by atoms with van der Waals surface area (Å²) in [6.45, 7) is 2.78. The highest BCUT2D eigenvalue weighted by atomic mass is 16.5. The van der Waals surface area contributed by atoms with Gasteiger partial charge in [-0.2, -0.15) is 0 Å². The average Bonchev–Trinajstić information content (AvgIpc) is 2.51. The molecule has 5 aliphatic rings. The molecule has 1 heterocycles. The molecule has 3 nitrogen and oxygen atoms in total. The van der Waals surface area contributed by atoms with Crippen LogP contribution in [0.4, 0.5) is 0 Å². The zero-order valence-electron chi connectivity index (χ0n) is 14.1. The van der Waals surface area contributed by atoms with Crippen molar-refractivity contribution in [3.05, 3.63) is 0 Å². The average molecular weight is 305 g/mol. The van der Waals surface area contributed by atoms with E-state index in [1.165, 1.54) is 51.4 Å². The van der Waals surface area contributed by atoms with Gasteiger partial charge in [-0.15, -0.1) is 0 Å². The minimum atomic E-state index is 0.0408. The largest absolute Gasteiger partial charge is 0.381 e. The van der Waals surface area contributed by atoms with Crippen molar-refractivity contribution in [2.75, 3.05) is 26.8 Å². The van der Waals surface area contributed by atoms with Crippen LogP contribution in [0.3, 0.4) is 0 Å². The third-order valence-electron chi connectivity index (χ3n) is 7.05. The van der Waals surface area contributed by atoms with Gasteiger partial charge in [0, 0.05) is 26.8 Å². The molecule has 0 spiro atoms. The third-order valence-corrected chi connectivity index (χ3v) is 7.05. The maximum absolute atomic E-state index is 13.2. The Morgan fingerprint density at radius 2 is 1.59 bits per heavy atom. The van der Waals surface area contributed by atoms with Gasteiger partial charge in [0.2, 0.25) is 5.91 Å². The lowest BCUT2D eigenvalue weighted by Gasteiger charge is -2.56. The Balaban J connectivity index is 1.36. The van der Waals surface area contributed by atoms with Crippen LogP contribution in [0.15, 0.2) is 0 Å². The van der Waals surface area contributed by atoms with Crippen molar-refractivity contribution >= 4 is 5.91 Å². The fourth-order valence-corrected chi connectivity index (χ4v) is 6.29. The summed E-state index contributed by atoms with van der Waals surface area (Å²) in [5.74, 6) is 3.83. The van der Waals surface area contributed by atoms with Crippen LogP contribution in [-0.2, 0) is 9.53 Å². The molecule has 0 N–H and O–H groups in total. The summed E-state index contributed by atoms with van der Waals surface area (Å²) >= 11 is 0. The zero-order valence-corrected chi connectivity index (χ0v) is 14.1. The molecule has 3 heteroatoms. The minimum Gasteiger partial charge on any atom is -0.381 e. The van der Waals surface area contributed by atoms with Crippen molar-refractivity contribution in [1.29, 1.82) is 0 Å². The van der Waals surface area contributed by atoms with Crippen LogP contribution in [0.25, 0.3) is 0 Å². The topological polar surface area (TPSA) is 29.5 Å². The lowest BCUT2D eigenvalue weighted by molar-refractivity contribution is -0.156. The van der Waals surface area contributed by atoms with Gasteiger partial charge >= 0.3 is 0 Å². The summed E-state index contributed by atoms with van der Waals surface area (Å²) in [4.78, 5) is 15.3. The summed E-state index contributed by atoms with van der Waals surface area (Å²) in [6.07, 6.45) is 11.4. The zero-order chi connectivity index (χ0) is 15.2. The molecule has 4 saturated carbocycles. The van der Waals surface area contributed by atoms with Gasteiger partial charge in [0.25, 0.3) is 0 Å². The molecular formula is C19H31NO2. The highest BCUT2D eigenvalue weighted by Crippen LogP contribution is 2.60. The van der Waals surface area contributed by atoms with Crippen molar-refractivity contribution < 1.29 is 9.53 Å². The molecule has 5 rings (SSSR count). The molecule has 0 aromatic rings. The molecule has 1 amide bonds. The van der Waals surface area contributed by atoms with E-state index < -0.39 is 0 Å². The van der Waals surface area contributed by atoms with Gasteiger partial charge in [0.05, 0.1) is 5.41 Å². The van der Waals surface area contributed by atoms with Crippen molar-refractivity contribution in [3.8, 4) is 0 Å². The standard InChI is InChI=1S/C19H31NO2/c1-20(5-2-14-3-6-22-7-4-14)18(21)19-11-15-8-16(12-19)10-17(9-15)13-19/h14-17H,2-13H2,1H3. The van der Waals surface area contributed by atoms with E-state index >= 15 is 0 Å². The van der Waals surface area contributed by atoms with E-state index in [1.807, 2.05) is 0 Å². The van der Waals surface area contributed by atoms with E-state index in [-0.39, 0.29) is 5.41 Å². The maximum Gasteiger partial charge on any atom is 0.228 e. The highest BCUT2D eigenvalue weighted by Gasteiger charge is 2.55. The van der Waals surface area contributed by atoms with Gasteiger partial charge in [-0.1, -0.05) is 0 Å². The van der Waals surface area contributed by atoms with Gasteiger partial charge < -0.3 is 9.64 Å². The summed E-state index contributed by atoms with van der Waals surface area (Å²) in [5.41, 5.74) is 0.0408. The molecule has 0 radical (unpaired) electrons. The molecule has 1 aliphatic heterocycles. The smallest absolute Gasteiger partial charge is 0.228 e. The number of amides is 1. The Morgan fingerprint density at radius 3 is 2.14 bits per heavy atom. The molecule has 0 aromatic carbocycles. The number of hydrogen-bond acceptors (Lipinski definition) is 2. The number of rotatable bonds is 4. The summed E-state index contributed by atoms with van der Waals surface area (Å²) < 4.78 is 5.44. The normalized spacial score (nSPS) is 40.9. The molecule has 0 aromatic heterocycles. The molecule has 124 valence electrons. The Hall–Kier alpha value is -0.570. The van der Waals surface area contributed by atoms with E-state index in [2.05, 4.69) is 11.9 Å². The van der Waals surface area contributed by atoms with E-state index in [9.17, 15) is 4.79 Å². The van der Waals surface area contributed by atoms with Gasteiger partial charge in [-0.25, -0.2) is 0 Å². The highest BCUT2D eigenvalue weighted by molar-refractivity contribution is 5.83. The quantitative estimate of drug-likeness (QED) is 0.796. The van der Waals surface area contributed by atoms with E-state index in [1.54, 1.807) is 0 Å². The molecule has 5 fully saturated rings. The van der Waals surface area contributed by atoms with Crippen LogP contribution in [0.5, 0.6) is 0 Å². The first kappa shape index (κ1) is 15.0. The third kappa shape index (κ3) is 2.70. The fourth-order valence-electron chi connectivity index (χ4n) is 6.29. The lowest BCUT2D eigenvalue weighted by atomic mass is 9.49. The number of hydrogen-bond donors (Lipinski definition) is 0. The van der Waals surface area contributed by atoms with Gasteiger partial charge in [0.15, 0.2) is 0 Å². The Morgan fingerprint density at radius 1 is 1.05 bits per heavy atom. The van der Waals surface area contributed by atoms with E-state index in [4.69, 9.17) is 4.74 Å². The van der Waals surface area contributed by atoms with Crippen LogP contribution < -0.4 is 0 Å². The molecule has 0 unspecified atom stereocenters. The van der Waals surface area contributed by atoms with Crippen molar-refractivity contribution in [2.45, 2.75) is 57.8 Å². The summed E-state index contributed by atoms with van der Waals surface area (Å²) in [6, 6.07) is 0. The van der Waals surface area contributed by atoms with Crippen molar-refractivity contribution in [3.63, 3.8) is 0 Å². The van der Waals surface area contributed by atoms with Crippen LogP contribution in [0.2, 0.25) is 0 Å². The second-order valence-electron chi connectivity index (χ2n) is 8.77. The second kappa shape index (κ2) is 5.81. The molecule has 22 heavy (non-hydrogen) atoms. The van der Waals surface area contributed by atoms with Crippen LogP contribution in [0, 0.1) is 29.1 Å².